The fourth-order valence-electron chi connectivity index (χ4n) is 2.96. The molecule has 106 valence electrons. The van der Waals surface area contributed by atoms with E-state index in [1.165, 1.54) is 31.3 Å². The first-order chi connectivity index (χ1) is 9.63. The van der Waals surface area contributed by atoms with Crippen LogP contribution in [0.2, 0.25) is 5.02 Å². The van der Waals surface area contributed by atoms with Crippen molar-refractivity contribution in [3.8, 4) is 0 Å². The summed E-state index contributed by atoms with van der Waals surface area (Å²) in [5.74, 6) is 0.526. The average molecular weight is 296 g/mol. The van der Waals surface area contributed by atoms with Gasteiger partial charge in [-0.3, -0.25) is 15.5 Å². The van der Waals surface area contributed by atoms with E-state index in [0.717, 1.165) is 25.1 Å². The number of nitrogens with zero attached hydrogens (tertiary/aromatic N) is 2. The molecule has 0 saturated carbocycles. The number of anilines is 1. The molecule has 0 spiro atoms. The van der Waals surface area contributed by atoms with Crippen molar-refractivity contribution >= 4 is 28.7 Å². The maximum absolute atomic E-state index is 11.0. The average Bonchev–Trinajstić information content (AvgIpc) is 2.46. The zero-order valence-electron chi connectivity index (χ0n) is 10.9. The Morgan fingerprint density at radius 3 is 2.75 bits per heavy atom. The van der Waals surface area contributed by atoms with Gasteiger partial charge in [0.1, 0.15) is 12.2 Å². The summed E-state index contributed by atoms with van der Waals surface area (Å²) >= 11 is 5.89. The number of rotatable bonds is 3. The summed E-state index contributed by atoms with van der Waals surface area (Å²) in [4.78, 5) is 12.1. The molecule has 3 fully saturated rings. The van der Waals surface area contributed by atoms with E-state index in [1.54, 1.807) is 4.90 Å². The van der Waals surface area contributed by atoms with Crippen LogP contribution in [0.15, 0.2) is 23.3 Å². The van der Waals surface area contributed by atoms with Crippen molar-refractivity contribution in [2.24, 2.45) is 11.0 Å². The van der Waals surface area contributed by atoms with Crippen LogP contribution in [0, 0.1) is 16.0 Å². The standard InChI is InChI=1S/C13H15ClN4O2/c14-10-1-2-13(18(19)20)11(7-10)15-16-12-8-17-5-3-9(12)4-6-17/h1-2,7,9,15H,3-6,8H2/p+1/b16-12-. The van der Waals surface area contributed by atoms with Crippen molar-refractivity contribution in [1.29, 1.82) is 0 Å². The maximum atomic E-state index is 11.0. The van der Waals surface area contributed by atoms with E-state index in [0.29, 0.717) is 16.6 Å². The predicted octanol–water partition coefficient (Wildman–Crippen LogP) is 1.32. The van der Waals surface area contributed by atoms with Crippen molar-refractivity contribution in [3.63, 3.8) is 0 Å². The summed E-state index contributed by atoms with van der Waals surface area (Å²) in [5.41, 5.74) is 4.30. The molecule has 0 aromatic heterocycles. The van der Waals surface area contributed by atoms with Crippen molar-refractivity contribution in [3.05, 3.63) is 33.3 Å². The second-order valence-corrected chi connectivity index (χ2v) is 5.77. The molecule has 3 aliphatic heterocycles. The van der Waals surface area contributed by atoms with Crippen LogP contribution in [-0.2, 0) is 0 Å². The molecule has 4 rings (SSSR count). The van der Waals surface area contributed by atoms with Gasteiger partial charge in [0.2, 0.25) is 0 Å². The SMILES string of the molecule is O=[N+]([O-])c1ccc(Cl)cc1N/N=C1/C[NH+]2CCC1CC2. The Labute approximate surface area is 121 Å². The number of nitrogens with one attached hydrogen (secondary N) is 2. The van der Waals surface area contributed by atoms with Crippen LogP contribution in [0.25, 0.3) is 0 Å². The van der Waals surface area contributed by atoms with Gasteiger partial charge < -0.3 is 4.90 Å². The third-order valence-corrected chi connectivity index (χ3v) is 4.31. The van der Waals surface area contributed by atoms with E-state index in [9.17, 15) is 10.1 Å². The molecule has 3 heterocycles. The minimum Gasteiger partial charge on any atom is -0.330 e. The zero-order chi connectivity index (χ0) is 14.1. The number of nitro benzene ring substituents is 1. The van der Waals surface area contributed by atoms with Gasteiger partial charge in [0.25, 0.3) is 5.69 Å². The van der Waals surface area contributed by atoms with Gasteiger partial charge in [-0.1, -0.05) is 11.6 Å². The number of fused-ring (bicyclic) bond motifs is 3. The van der Waals surface area contributed by atoms with Crippen LogP contribution in [-0.4, -0.2) is 30.3 Å². The number of halogens is 1. The van der Waals surface area contributed by atoms with Gasteiger partial charge in [0.05, 0.1) is 23.7 Å². The molecule has 1 aromatic carbocycles. The van der Waals surface area contributed by atoms with Crippen LogP contribution in [0.4, 0.5) is 11.4 Å². The summed E-state index contributed by atoms with van der Waals surface area (Å²) in [6.45, 7) is 3.36. The molecule has 0 atom stereocenters. The fraction of sp³-hybridized carbons (Fsp3) is 0.462. The lowest BCUT2D eigenvalue weighted by Crippen LogP contribution is -3.16. The first-order valence-corrected chi connectivity index (χ1v) is 7.11. The molecular formula is C13H16ClN4O2+. The monoisotopic (exact) mass is 295 g/mol. The van der Waals surface area contributed by atoms with E-state index in [4.69, 9.17) is 11.6 Å². The number of nitro groups is 1. The topological polar surface area (TPSA) is 72.0 Å². The molecule has 7 heteroatoms. The van der Waals surface area contributed by atoms with E-state index in [2.05, 4.69) is 10.5 Å². The number of piperidine rings is 3. The lowest BCUT2D eigenvalue weighted by atomic mass is 9.87. The molecule has 2 bridgehead atoms. The molecule has 20 heavy (non-hydrogen) atoms. The van der Waals surface area contributed by atoms with E-state index >= 15 is 0 Å². The Morgan fingerprint density at radius 2 is 2.15 bits per heavy atom. The molecule has 0 unspecified atom stereocenters. The highest BCUT2D eigenvalue weighted by atomic mass is 35.5. The molecule has 3 saturated heterocycles. The molecule has 6 nitrogen and oxygen atoms in total. The van der Waals surface area contributed by atoms with Crippen molar-refractivity contribution in [1.82, 2.24) is 0 Å². The van der Waals surface area contributed by atoms with Gasteiger partial charge in [-0.25, -0.2) is 0 Å². The summed E-state index contributed by atoms with van der Waals surface area (Å²) in [7, 11) is 0. The van der Waals surface area contributed by atoms with Crippen LogP contribution in [0.5, 0.6) is 0 Å². The largest absolute Gasteiger partial charge is 0.330 e. The number of benzene rings is 1. The Morgan fingerprint density at radius 1 is 1.40 bits per heavy atom. The normalized spacial score (nSPS) is 26.8. The van der Waals surface area contributed by atoms with Crippen LogP contribution >= 0.6 is 11.6 Å². The van der Waals surface area contributed by atoms with Gasteiger partial charge in [0.15, 0.2) is 0 Å². The Bertz CT molecular complexity index is 567. The second-order valence-electron chi connectivity index (χ2n) is 5.33. The fourth-order valence-corrected chi connectivity index (χ4v) is 3.13. The van der Waals surface area contributed by atoms with E-state index in [1.807, 2.05) is 0 Å². The molecule has 3 aliphatic rings. The van der Waals surface area contributed by atoms with Gasteiger partial charge in [0, 0.05) is 29.8 Å². The lowest BCUT2D eigenvalue weighted by Gasteiger charge is -2.36. The van der Waals surface area contributed by atoms with Crippen LogP contribution in [0.3, 0.4) is 0 Å². The molecule has 0 radical (unpaired) electrons. The molecule has 1 aromatic rings. The first-order valence-electron chi connectivity index (χ1n) is 6.73. The minimum absolute atomic E-state index is 0.00706. The molecule has 2 N–H and O–H groups in total. The third kappa shape index (κ3) is 2.62. The Balaban J connectivity index is 1.81. The first kappa shape index (κ1) is 13.3. The van der Waals surface area contributed by atoms with E-state index in [-0.39, 0.29) is 5.69 Å². The van der Waals surface area contributed by atoms with E-state index < -0.39 is 4.92 Å². The van der Waals surface area contributed by atoms with Crippen molar-refractivity contribution < 1.29 is 9.82 Å². The van der Waals surface area contributed by atoms with Gasteiger partial charge in [-0.2, -0.15) is 5.10 Å². The molecular weight excluding hydrogens is 280 g/mol. The quantitative estimate of drug-likeness (QED) is 0.653. The highest BCUT2D eigenvalue weighted by Crippen LogP contribution is 2.28. The third-order valence-electron chi connectivity index (χ3n) is 4.07. The van der Waals surface area contributed by atoms with Crippen molar-refractivity contribution in [2.45, 2.75) is 12.8 Å². The smallest absolute Gasteiger partial charge is 0.294 e. The summed E-state index contributed by atoms with van der Waals surface area (Å²) in [6.07, 6.45) is 2.32. The van der Waals surface area contributed by atoms with Crippen LogP contribution in [0.1, 0.15) is 12.8 Å². The van der Waals surface area contributed by atoms with Crippen LogP contribution < -0.4 is 10.3 Å². The Hall–Kier alpha value is -1.66. The minimum atomic E-state index is -0.430. The van der Waals surface area contributed by atoms with Gasteiger partial charge in [-0.05, 0) is 12.1 Å². The van der Waals surface area contributed by atoms with Gasteiger partial charge in [-0.15, -0.1) is 0 Å². The lowest BCUT2D eigenvalue weighted by molar-refractivity contribution is -0.902. The maximum Gasteiger partial charge on any atom is 0.294 e. The Kier molecular flexibility index (Phi) is 3.58. The zero-order valence-corrected chi connectivity index (χ0v) is 11.7. The highest BCUT2D eigenvalue weighted by Gasteiger charge is 2.34. The summed E-state index contributed by atoms with van der Waals surface area (Å²) in [6, 6.07) is 4.45. The number of quaternary nitrogens is 1. The predicted molar refractivity (Wildman–Crippen MR) is 77.5 cm³/mol. The highest BCUT2D eigenvalue weighted by molar-refractivity contribution is 6.31. The number of hydrogen-bond donors (Lipinski definition) is 2. The van der Waals surface area contributed by atoms with Crippen molar-refractivity contribution in [2.75, 3.05) is 25.1 Å². The second kappa shape index (κ2) is 5.38. The number of hydrazone groups is 1. The number of hydrogen-bond acceptors (Lipinski definition) is 4. The summed E-state index contributed by atoms with van der Waals surface area (Å²) < 4.78 is 0. The molecule has 0 aliphatic carbocycles. The summed E-state index contributed by atoms with van der Waals surface area (Å²) in [5, 5.41) is 15.8. The van der Waals surface area contributed by atoms with Gasteiger partial charge >= 0.3 is 0 Å². The molecule has 0 amide bonds.